The minimum atomic E-state index is -0.790. The second-order valence-corrected chi connectivity index (χ2v) is 6.20. The highest BCUT2D eigenvalue weighted by atomic mass is 16.3. The minimum Gasteiger partial charge on any atom is -0.507 e. The van der Waals surface area contributed by atoms with Crippen LogP contribution in [0, 0.1) is 0 Å². The van der Waals surface area contributed by atoms with E-state index in [1.807, 2.05) is 6.92 Å². The van der Waals surface area contributed by atoms with Crippen LogP contribution in [-0.4, -0.2) is 32.0 Å². The zero-order chi connectivity index (χ0) is 18.7. The third-order valence-electron chi connectivity index (χ3n) is 4.77. The van der Waals surface area contributed by atoms with Gasteiger partial charge in [0.25, 0.3) is 0 Å². The molecule has 4 N–H and O–H groups in total. The first-order valence-electron chi connectivity index (χ1n) is 8.01. The fraction of sp³-hybridized carbons (Fsp3) is 0.100. The molecular formula is C20H14O6. The molecule has 0 radical (unpaired) electrons. The van der Waals surface area contributed by atoms with Gasteiger partial charge in [-0.3, -0.25) is 9.59 Å². The quantitative estimate of drug-likeness (QED) is 0.392. The van der Waals surface area contributed by atoms with Gasteiger partial charge in [0.2, 0.25) is 5.78 Å². The lowest BCUT2D eigenvalue weighted by Crippen LogP contribution is -2.21. The molecule has 1 aliphatic rings. The van der Waals surface area contributed by atoms with Crippen molar-refractivity contribution in [2.45, 2.75) is 13.3 Å². The fourth-order valence-electron chi connectivity index (χ4n) is 3.49. The van der Waals surface area contributed by atoms with Gasteiger partial charge >= 0.3 is 0 Å². The summed E-state index contributed by atoms with van der Waals surface area (Å²) in [6.07, 6.45) is 0.560. The van der Waals surface area contributed by atoms with Crippen molar-refractivity contribution in [3.8, 4) is 23.0 Å². The first-order chi connectivity index (χ1) is 12.4. The van der Waals surface area contributed by atoms with Gasteiger partial charge in [0.15, 0.2) is 5.78 Å². The van der Waals surface area contributed by atoms with Crippen LogP contribution in [0.4, 0.5) is 0 Å². The summed E-state index contributed by atoms with van der Waals surface area (Å²) < 4.78 is 0. The van der Waals surface area contributed by atoms with Crippen molar-refractivity contribution >= 4 is 22.3 Å². The molecule has 0 spiro atoms. The number of benzene rings is 3. The van der Waals surface area contributed by atoms with Gasteiger partial charge in [0.1, 0.15) is 23.0 Å². The number of phenolic OH excluding ortho intramolecular Hbond substituents is 4. The zero-order valence-corrected chi connectivity index (χ0v) is 13.7. The van der Waals surface area contributed by atoms with Crippen LogP contribution in [-0.2, 0) is 6.42 Å². The monoisotopic (exact) mass is 350 g/mol. The van der Waals surface area contributed by atoms with E-state index in [0.29, 0.717) is 12.0 Å². The van der Waals surface area contributed by atoms with Gasteiger partial charge in [-0.1, -0.05) is 19.1 Å². The third-order valence-corrected chi connectivity index (χ3v) is 4.77. The molecule has 0 saturated heterocycles. The molecule has 130 valence electrons. The summed E-state index contributed by atoms with van der Waals surface area (Å²) in [6, 6.07) is 7.04. The van der Waals surface area contributed by atoms with E-state index in [-0.39, 0.29) is 33.2 Å². The van der Waals surface area contributed by atoms with E-state index in [1.54, 1.807) is 6.07 Å². The van der Waals surface area contributed by atoms with Gasteiger partial charge in [-0.05, 0) is 30.2 Å². The number of aromatic hydroxyl groups is 4. The molecule has 0 atom stereocenters. The van der Waals surface area contributed by atoms with Crippen LogP contribution in [0.5, 0.6) is 23.0 Å². The Morgan fingerprint density at radius 3 is 2.19 bits per heavy atom. The normalized spacial score (nSPS) is 13.0. The summed E-state index contributed by atoms with van der Waals surface area (Å²) in [5.41, 5.74) is -0.340. The number of hydrogen-bond acceptors (Lipinski definition) is 6. The molecule has 3 aromatic carbocycles. The number of carbonyl (C=O) groups is 2. The first kappa shape index (κ1) is 16.0. The predicted molar refractivity (Wildman–Crippen MR) is 93.3 cm³/mol. The van der Waals surface area contributed by atoms with E-state index < -0.39 is 34.4 Å². The highest BCUT2D eigenvalue weighted by Crippen LogP contribution is 2.48. The molecule has 0 aromatic heterocycles. The first-order valence-corrected chi connectivity index (χ1v) is 8.01. The van der Waals surface area contributed by atoms with E-state index in [9.17, 15) is 30.0 Å². The van der Waals surface area contributed by atoms with Crippen molar-refractivity contribution in [2.24, 2.45) is 0 Å². The Balaban J connectivity index is 2.18. The van der Waals surface area contributed by atoms with E-state index in [1.165, 1.54) is 24.3 Å². The Morgan fingerprint density at radius 2 is 1.50 bits per heavy atom. The van der Waals surface area contributed by atoms with Gasteiger partial charge in [0, 0.05) is 10.9 Å². The van der Waals surface area contributed by atoms with Crippen LogP contribution in [0.2, 0.25) is 0 Å². The van der Waals surface area contributed by atoms with Crippen molar-refractivity contribution in [3.05, 3.63) is 58.1 Å². The van der Waals surface area contributed by atoms with Crippen LogP contribution in [0.25, 0.3) is 10.8 Å². The molecule has 0 fully saturated rings. The second kappa shape index (κ2) is 5.23. The van der Waals surface area contributed by atoms with E-state index in [2.05, 4.69) is 0 Å². The molecule has 3 aromatic rings. The van der Waals surface area contributed by atoms with Crippen LogP contribution in [0.15, 0.2) is 30.3 Å². The maximum atomic E-state index is 12.9. The maximum absolute atomic E-state index is 12.9. The molecule has 26 heavy (non-hydrogen) atoms. The average molecular weight is 350 g/mol. The van der Waals surface area contributed by atoms with Crippen LogP contribution in [0.3, 0.4) is 0 Å². The number of phenols is 4. The molecule has 0 aliphatic heterocycles. The number of carbonyl (C=O) groups excluding carboxylic acids is 2. The van der Waals surface area contributed by atoms with Gasteiger partial charge < -0.3 is 20.4 Å². The van der Waals surface area contributed by atoms with Crippen molar-refractivity contribution in [3.63, 3.8) is 0 Å². The summed E-state index contributed by atoms with van der Waals surface area (Å²) in [7, 11) is 0. The number of hydrogen-bond donors (Lipinski definition) is 4. The molecule has 0 bridgehead atoms. The van der Waals surface area contributed by atoms with Crippen molar-refractivity contribution < 1.29 is 30.0 Å². The molecule has 0 heterocycles. The zero-order valence-electron chi connectivity index (χ0n) is 13.7. The van der Waals surface area contributed by atoms with E-state index in [0.717, 1.165) is 0 Å². The maximum Gasteiger partial charge on any atom is 0.202 e. The molecule has 0 saturated carbocycles. The molecular weight excluding hydrogens is 336 g/mol. The third kappa shape index (κ3) is 1.86. The van der Waals surface area contributed by atoms with Crippen molar-refractivity contribution in [1.82, 2.24) is 0 Å². The SMILES string of the molecule is CCc1cc(O)c2c(O)c3c(c(O)c2c1)C(=O)c1cccc(O)c1C3=O. The Hall–Kier alpha value is -3.54. The summed E-state index contributed by atoms with van der Waals surface area (Å²) in [4.78, 5) is 25.7. The Bertz CT molecular complexity index is 1140. The van der Waals surface area contributed by atoms with Crippen LogP contribution < -0.4 is 0 Å². The van der Waals surface area contributed by atoms with E-state index >= 15 is 0 Å². The second-order valence-electron chi connectivity index (χ2n) is 6.20. The molecule has 0 amide bonds. The molecule has 4 rings (SSSR count). The number of fused-ring (bicyclic) bond motifs is 3. The molecule has 6 nitrogen and oxygen atoms in total. The molecule has 0 unspecified atom stereocenters. The molecule has 6 heteroatoms. The van der Waals surface area contributed by atoms with Crippen molar-refractivity contribution in [1.29, 1.82) is 0 Å². The number of rotatable bonds is 1. The van der Waals surface area contributed by atoms with Crippen LogP contribution >= 0.6 is 0 Å². The summed E-state index contributed by atoms with van der Waals surface area (Å²) in [5.74, 6) is -3.25. The number of aryl methyl sites for hydroxylation is 1. The van der Waals surface area contributed by atoms with Crippen LogP contribution in [0.1, 0.15) is 44.3 Å². The van der Waals surface area contributed by atoms with Gasteiger partial charge in [-0.25, -0.2) is 0 Å². The highest BCUT2D eigenvalue weighted by Gasteiger charge is 2.38. The summed E-state index contributed by atoms with van der Waals surface area (Å²) in [5, 5.41) is 41.6. The van der Waals surface area contributed by atoms with Gasteiger partial charge in [0.05, 0.1) is 22.1 Å². The fourth-order valence-corrected chi connectivity index (χ4v) is 3.49. The minimum absolute atomic E-state index is 0.0487. The Kier molecular flexibility index (Phi) is 3.21. The number of ketones is 2. The Labute approximate surface area is 147 Å². The van der Waals surface area contributed by atoms with Gasteiger partial charge in [-0.15, -0.1) is 0 Å². The molecule has 1 aliphatic carbocycles. The lowest BCUT2D eigenvalue weighted by molar-refractivity contribution is 0.0972. The average Bonchev–Trinajstić information content (AvgIpc) is 2.61. The predicted octanol–water partition coefficient (Wildman–Crippen LogP) is 3.00. The lowest BCUT2D eigenvalue weighted by Gasteiger charge is -2.22. The smallest absolute Gasteiger partial charge is 0.202 e. The lowest BCUT2D eigenvalue weighted by atomic mass is 9.80. The van der Waals surface area contributed by atoms with Crippen molar-refractivity contribution in [2.75, 3.05) is 0 Å². The highest BCUT2D eigenvalue weighted by molar-refractivity contribution is 6.33. The standard InChI is InChI=1S/C20H14O6/c1-2-8-6-10-14(12(22)7-8)20(26)16-15(18(10)24)17(23)9-4-3-5-11(21)13(9)19(16)25/h3-7,21-22,24,26H,2H2,1H3. The topological polar surface area (TPSA) is 115 Å². The Morgan fingerprint density at radius 1 is 0.808 bits per heavy atom. The largest absolute Gasteiger partial charge is 0.507 e. The summed E-state index contributed by atoms with van der Waals surface area (Å²) >= 11 is 0. The van der Waals surface area contributed by atoms with E-state index in [4.69, 9.17) is 0 Å². The summed E-state index contributed by atoms with van der Waals surface area (Å²) in [6.45, 7) is 1.85. The van der Waals surface area contributed by atoms with Gasteiger partial charge in [-0.2, -0.15) is 0 Å².